The Morgan fingerprint density at radius 2 is 1.76 bits per heavy atom. The number of nitrogens with one attached hydrogen (secondary N) is 1. The number of ketones is 1. The van der Waals surface area contributed by atoms with Crippen LogP contribution in [0, 0.1) is 5.41 Å². The Kier molecular flexibility index (Phi) is 3.31. The molecule has 1 amide bonds. The molecule has 0 fully saturated rings. The molecular weight excluding hydrogens is 266 g/mol. The summed E-state index contributed by atoms with van der Waals surface area (Å²) in [5.74, 6) is -0.772. The number of benzene rings is 2. The molecule has 4 nitrogen and oxygen atoms in total. The monoisotopic (exact) mass is 281 g/mol. The molecule has 2 aromatic rings. The van der Waals surface area contributed by atoms with E-state index in [0.717, 1.165) is 5.56 Å². The summed E-state index contributed by atoms with van der Waals surface area (Å²) in [5.41, 5.74) is 0.521. The summed E-state index contributed by atoms with van der Waals surface area (Å²) in [4.78, 5) is 25.1. The van der Waals surface area contributed by atoms with Crippen LogP contribution in [0.15, 0.2) is 54.6 Å². The summed E-state index contributed by atoms with van der Waals surface area (Å²) < 4.78 is 0. The number of aliphatic hydroxyl groups excluding tert-OH is 1. The molecule has 1 atom stereocenters. The van der Waals surface area contributed by atoms with E-state index in [0.29, 0.717) is 11.3 Å². The van der Waals surface area contributed by atoms with Crippen molar-refractivity contribution in [1.29, 1.82) is 0 Å². The lowest BCUT2D eigenvalue weighted by molar-refractivity contribution is -0.124. The quantitative estimate of drug-likeness (QED) is 0.846. The Hall–Kier alpha value is -2.46. The fourth-order valence-electron chi connectivity index (χ4n) is 2.71. The van der Waals surface area contributed by atoms with Crippen LogP contribution in [0.2, 0.25) is 0 Å². The fourth-order valence-corrected chi connectivity index (χ4v) is 2.71. The molecule has 0 heterocycles. The summed E-state index contributed by atoms with van der Waals surface area (Å²) in [6.07, 6.45) is 0.233. The van der Waals surface area contributed by atoms with Crippen LogP contribution in [0.3, 0.4) is 0 Å². The second kappa shape index (κ2) is 5.14. The molecule has 3 rings (SSSR count). The first-order valence-electron chi connectivity index (χ1n) is 6.77. The topological polar surface area (TPSA) is 66.4 Å². The van der Waals surface area contributed by atoms with Crippen molar-refractivity contribution in [1.82, 2.24) is 0 Å². The van der Waals surface area contributed by atoms with Gasteiger partial charge in [-0.25, -0.2) is 0 Å². The van der Waals surface area contributed by atoms with E-state index in [4.69, 9.17) is 0 Å². The predicted octanol–water partition coefficient (Wildman–Crippen LogP) is 2.04. The lowest BCUT2D eigenvalue weighted by atomic mass is 9.83. The van der Waals surface area contributed by atoms with Gasteiger partial charge in [0.25, 0.3) is 0 Å². The molecular formula is C17H15NO3. The molecule has 1 aliphatic rings. The van der Waals surface area contributed by atoms with Gasteiger partial charge in [-0.3, -0.25) is 9.59 Å². The average molecular weight is 281 g/mol. The third-order valence-corrected chi connectivity index (χ3v) is 3.93. The van der Waals surface area contributed by atoms with Crippen molar-refractivity contribution in [3.63, 3.8) is 0 Å². The van der Waals surface area contributed by atoms with Gasteiger partial charge < -0.3 is 10.4 Å². The summed E-state index contributed by atoms with van der Waals surface area (Å²) >= 11 is 0. The molecule has 106 valence electrons. The highest BCUT2D eigenvalue weighted by atomic mass is 16.3. The maximum atomic E-state index is 12.6. The van der Waals surface area contributed by atoms with Gasteiger partial charge in [-0.15, -0.1) is 0 Å². The lowest BCUT2D eigenvalue weighted by Crippen LogP contribution is -2.44. The molecule has 0 bridgehead atoms. The molecule has 1 aliphatic carbocycles. The fraction of sp³-hybridized carbons (Fsp3) is 0.176. The highest BCUT2D eigenvalue weighted by molar-refractivity contribution is 6.20. The highest BCUT2D eigenvalue weighted by Crippen LogP contribution is 2.37. The largest absolute Gasteiger partial charge is 0.395 e. The van der Waals surface area contributed by atoms with Gasteiger partial charge in [0.05, 0.1) is 6.61 Å². The number of fused-ring (bicyclic) bond motifs is 1. The number of amides is 1. The number of aliphatic hydroxyl groups is 1. The average Bonchev–Trinajstić information content (AvgIpc) is 2.82. The molecule has 2 N–H and O–H groups in total. The molecule has 0 spiro atoms. The lowest BCUT2D eigenvalue weighted by Gasteiger charge is -2.23. The van der Waals surface area contributed by atoms with Crippen LogP contribution in [0.4, 0.5) is 5.69 Å². The molecule has 0 radical (unpaired) electrons. The molecule has 0 aromatic heterocycles. The number of carbonyl (C=O) groups is 2. The van der Waals surface area contributed by atoms with Gasteiger partial charge >= 0.3 is 0 Å². The summed E-state index contributed by atoms with van der Waals surface area (Å²) in [5, 5.41) is 12.4. The highest BCUT2D eigenvalue weighted by Gasteiger charge is 2.51. The normalized spacial score (nSPS) is 20.1. The van der Waals surface area contributed by atoms with Crippen molar-refractivity contribution in [3.05, 3.63) is 65.7 Å². The Labute approximate surface area is 122 Å². The molecule has 2 aromatic carbocycles. The summed E-state index contributed by atoms with van der Waals surface area (Å²) in [7, 11) is 0. The number of carbonyl (C=O) groups excluding carboxylic acids is 2. The smallest absolute Gasteiger partial charge is 0.241 e. The van der Waals surface area contributed by atoms with E-state index in [9.17, 15) is 14.7 Å². The van der Waals surface area contributed by atoms with Crippen LogP contribution in [0.5, 0.6) is 0 Å². The number of hydrogen-bond acceptors (Lipinski definition) is 3. The zero-order valence-electron chi connectivity index (χ0n) is 11.4. The predicted molar refractivity (Wildman–Crippen MR) is 79.1 cm³/mol. The van der Waals surface area contributed by atoms with Crippen molar-refractivity contribution in [3.8, 4) is 0 Å². The zero-order valence-corrected chi connectivity index (χ0v) is 11.4. The minimum absolute atomic E-state index is 0.233. The molecule has 0 saturated carbocycles. The van der Waals surface area contributed by atoms with Crippen LogP contribution in [-0.2, 0) is 11.2 Å². The van der Waals surface area contributed by atoms with E-state index in [1.165, 1.54) is 0 Å². The van der Waals surface area contributed by atoms with Gasteiger partial charge in [-0.2, -0.15) is 0 Å². The van der Waals surface area contributed by atoms with Crippen LogP contribution >= 0.6 is 0 Å². The maximum Gasteiger partial charge on any atom is 0.241 e. The molecule has 21 heavy (non-hydrogen) atoms. The second-order valence-corrected chi connectivity index (χ2v) is 5.22. The van der Waals surface area contributed by atoms with Gasteiger partial charge in [0.2, 0.25) is 5.91 Å². The van der Waals surface area contributed by atoms with Gasteiger partial charge in [-0.05, 0) is 24.1 Å². The number of hydrogen-bond donors (Lipinski definition) is 2. The van der Waals surface area contributed by atoms with Crippen molar-refractivity contribution >= 4 is 17.4 Å². The molecule has 0 saturated heterocycles. The minimum atomic E-state index is -1.42. The summed E-state index contributed by atoms with van der Waals surface area (Å²) in [6, 6.07) is 16.0. The maximum absolute atomic E-state index is 12.6. The second-order valence-electron chi connectivity index (χ2n) is 5.22. The van der Waals surface area contributed by atoms with Gasteiger partial charge in [-0.1, -0.05) is 42.5 Å². The Bertz CT molecular complexity index is 696. The first-order valence-corrected chi connectivity index (χ1v) is 6.77. The number of para-hydroxylation sites is 1. The van der Waals surface area contributed by atoms with E-state index >= 15 is 0 Å². The summed E-state index contributed by atoms with van der Waals surface area (Å²) in [6.45, 7) is -0.501. The van der Waals surface area contributed by atoms with E-state index in [2.05, 4.69) is 5.32 Å². The molecule has 0 aliphatic heterocycles. The third kappa shape index (κ3) is 2.14. The van der Waals surface area contributed by atoms with E-state index in [1.54, 1.807) is 36.4 Å². The van der Waals surface area contributed by atoms with Crippen molar-refractivity contribution < 1.29 is 14.7 Å². The van der Waals surface area contributed by atoms with Crippen molar-refractivity contribution in [2.45, 2.75) is 6.42 Å². The van der Waals surface area contributed by atoms with Crippen LogP contribution < -0.4 is 5.32 Å². The standard InChI is InChI=1S/C17H15NO3/c19-11-17(16(21)18-13-7-2-1-3-8-13)10-12-6-4-5-9-14(12)15(17)20/h1-9,19H,10-11H2,(H,18,21). The number of anilines is 1. The first kappa shape index (κ1) is 13.5. The van der Waals surface area contributed by atoms with Crippen LogP contribution in [0.1, 0.15) is 15.9 Å². The van der Waals surface area contributed by atoms with Crippen LogP contribution in [0.25, 0.3) is 0 Å². The van der Waals surface area contributed by atoms with E-state index in [1.807, 2.05) is 18.2 Å². The zero-order chi connectivity index (χ0) is 14.9. The number of rotatable bonds is 3. The van der Waals surface area contributed by atoms with Gasteiger partial charge in [0, 0.05) is 11.3 Å². The van der Waals surface area contributed by atoms with Gasteiger partial charge in [0.15, 0.2) is 5.78 Å². The number of Topliss-reactive ketones (excluding diaryl/α,β-unsaturated/α-hetero) is 1. The Morgan fingerprint density at radius 1 is 1.10 bits per heavy atom. The first-order chi connectivity index (χ1) is 10.2. The van der Waals surface area contributed by atoms with Crippen molar-refractivity contribution in [2.24, 2.45) is 5.41 Å². The molecule has 1 unspecified atom stereocenters. The Balaban J connectivity index is 1.92. The van der Waals surface area contributed by atoms with Gasteiger partial charge in [0.1, 0.15) is 5.41 Å². The van der Waals surface area contributed by atoms with Crippen molar-refractivity contribution in [2.75, 3.05) is 11.9 Å². The van der Waals surface area contributed by atoms with E-state index < -0.39 is 17.9 Å². The SMILES string of the molecule is O=C(Nc1ccccc1)C1(CO)Cc2ccccc2C1=O. The van der Waals surface area contributed by atoms with E-state index in [-0.39, 0.29) is 12.2 Å². The van der Waals surface area contributed by atoms with Crippen LogP contribution in [-0.4, -0.2) is 23.4 Å². The Morgan fingerprint density at radius 3 is 2.43 bits per heavy atom. The molecule has 4 heteroatoms. The third-order valence-electron chi connectivity index (χ3n) is 3.93. The minimum Gasteiger partial charge on any atom is -0.395 e.